The lowest BCUT2D eigenvalue weighted by atomic mass is 10.2. The first-order chi connectivity index (χ1) is 9.33. The Hall–Kier alpha value is -1.12. The van der Waals surface area contributed by atoms with Crippen molar-refractivity contribution in [1.82, 2.24) is 25.4 Å². The zero-order valence-corrected chi connectivity index (χ0v) is 14.4. The molecule has 1 aromatic rings. The molecule has 0 unspecified atom stereocenters. The Kier molecular flexibility index (Phi) is 7.56. The van der Waals surface area contributed by atoms with Crippen LogP contribution in [0, 0.1) is 0 Å². The molecule has 0 spiro atoms. The zero-order valence-electron chi connectivity index (χ0n) is 12.0. The Morgan fingerprint density at radius 3 is 2.85 bits per heavy atom. The molecule has 20 heavy (non-hydrogen) atoms. The molecule has 6 nitrogen and oxygen atoms in total. The molecular formula is C13H23IN6. The van der Waals surface area contributed by atoms with Crippen LogP contribution in [0.15, 0.2) is 23.5 Å². The molecule has 0 radical (unpaired) electrons. The smallest absolute Gasteiger partial charge is 0.191 e. The largest absolute Gasteiger partial charge is 0.355 e. The molecule has 0 amide bonds. The summed E-state index contributed by atoms with van der Waals surface area (Å²) >= 11 is 0. The third-order valence-corrected chi connectivity index (χ3v) is 3.23. The number of halogens is 1. The van der Waals surface area contributed by atoms with Gasteiger partial charge in [-0.15, -0.1) is 34.2 Å². The van der Waals surface area contributed by atoms with E-state index in [1.165, 1.54) is 0 Å². The Morgan fingerprint density at radius 2 is 2.20 bits per heavy atom. The van der Waals surface area contributed by atoms with Gasteiger partial charge in [0.15, 0.2) is 5.96 Å². The molecule has 2 N–H and O–H groups in total. The second kappa shape index (κ2) is 8.93. The first-order valence-electron chi connectivity index (χ1n) is 6.82. The number of guanidine groups is 1. The predicted octanol–water partition coefficient (Wildman–Crippen LogP) is 1.34. The number of nitrogens with zero attached hydrogens (tertiary/aromatic N) is 4. The first-order valence-corrected chi connectivity index (χ1v) is 6.82. The second-order valence-electron chi connectivity index (χ2n) is 4.58. The summed E-state index contributed by atoms with van der Waals surface area (Å²) in [5, 5.41) is 14.7. The molecular weight excluding hydrogens is 367 g/mol. The van der Waals surface area contributed by atoms with Gasteiger partial charge in [0, 0.05) is 32.6 Å². The summed E-state index contributed by atoms with van der Waals surface area (Å²) in [7, 11) is 1.80. The number of aryl methyl sites for hydroxylation is 1. The molecule has 0 saturated heterocycles. The topological polar surface area (TPSA) is 67.1 Å². The first kappa shape index (κ1) is 16.9. The molecule has 0 bridgehead atoms. The molecule has 1 aromatic heterocycles. The van der Waals surface area contributed by atoms with Crippen molar-refractivity contribution in [3.05, 3.63) is 24.3 Å². The van der Waals surface area contributed by atoms with E-state index in [9.17, 15) is 0 Å². The molecule has 0 saturated carbocycles. The minimum atomic E-state index is 0. The SMILES string of the molecule is CCc1nncn1CCNC(=NC)NC1CC=CC1.I. The van der Waals surface area contributed by atoms with Crippen molar-refractivity contribution >= 4 is 29.9 Å². The minimum Gasteiger partial charge on any atom is -0.355 e. The van der Waals surface area contributed by atoms with Crippen molar-refractivity contribution in [2.24, 2.45) is 4.99 Å². The Bertz CT molecular complexity index is 445. The average molecular weight is 390 g/mol. The predicted molar refractivity (Wildman–Crippen MR) is 91.5 cm³/mol. The summed E-state index contributed by atoms with van der Waals surface area (Å²) in [6.45, 7) is 3.74. The third kappa shape index (κ3) is 4.77. The van der Waals surface area contributed by atoms with Gasteiger partial charge in [-0.25, -0.2) is 0 Å². The van der Waals surface area contributed by atoms with Gasteiger partial charge in [-0.3, -0.25) is 4.99 Å². The van der Waals surface area contributed by atoms with Gasteiger partial charge in [0.1, 0.15) is 12.2 Å². The normalized spacial score (nSPS) is 15.2. The summed E-state index contributed by atoms with van der Waals surface area (Å²) in [5.74, 6) is 1.88. The summed E-state index contributed by atoms with van der Waals surface area (Å²) < 4.78 is 2.07. The van der Waals surface area contributed by atoms with Crippen LogP contribution in [0.2, 0.25) is 0 Å². The zero-order chi connectivity index (χ0) is 13.5. The average Bonchev–Trinajstić information content (AvgIpc) is 3.08. The molecule has 1 aliphatic rings. The van der Waals surface area contributed by atoms with Crippen LogP contribution in [0.1, 0.15) is 25.6 Å². The highest BCUT2D eigenvalue weighted by Crippen LogP contribution is 2.08. The van der Waals surface area contributed by atoms with Gasteiger partial charge < -0.3 is 15.2 Å². The van der Waals surface area contributed by atoms with Crippen LogP contribution in [0.3, 0.4) is 0 Å². The number of hydrogen-bond donors (Lipinski definition) is 2. The van der Waals surface area contributed by atoms with Gasteiger partial charge in [0.25, 0.3) is 0 Å². The van der Waals surface area contributed by atoms with Crippen LogP contribution < -0.4 is 10.6 Å². The molecule has 0 aromatic carbocycles. The molecule has 1 aliphatic carbocycles. The summed E-state index contributed by atoms with van der Waals surface area (Å²) in [4.78, 5) is 4.24. The highest BCUT2D eigenvalue weighted by Gasteiger charge is 2.11. The van der Waals surface area contributed by atoms with Crippen LogP contribution in [0.25, 0.3) is 0 Å². The fraction of sp³-hybridized carbons (Fsp3) is 0.615. The van der Waals surface area contributed by atoms with E-state index in [1.54, 1.807) is 13.4 Å². The Labute approximate surface area is 137 Å². The van der Waals surface area contributed by atoms with Crippen molar-refractivity contribution in [2.45, 2.75) is 38.8 Å². The molecule has 2 rings (SSSR count). The summed E-state index contributed by atoms with van der Waals surface area (Å²) in [6.07, 6.45) is 9.24. The number of aliphatic imine (C=N–C) groups is 1. The van der Waals surface area contributed by atoms with E-state index in [0.717, 1.165) is 44.1 Å². The van der Waals surface area contributed by atoms with Gasteiger partial charge >= 0.3 is 0 Å². The maximum absolute atomic E-state index is 4.24. The van der Waals surface area contributed by atoms with Crippen LogP contribution in [0.5, 0.6) is 0 Å². The van der Waals surface area contributed by atoms with Crippen molar-refractivity contribution in [1.29, 1.82) is 0 Å². The van der Waals surface area contributed by atoms with E-state index < -0.39 is 0 Å². The van der Waals surface area contributed by atoms with Crippen LogP contribution in [-0.2, 0) is 13.0 Å². The number of nitrogens with one attached hydrogen (secondary N) is 2. The van der Waals surface area contributed by atoms with E-state index in [0.29, 0.717) is 6.04 Å². The maximum Gasteiger partial charge on any atom is 0.191 e. The lowest BCUT2D eigenvalue weighted by molar-refractivity contribution is 0.605. The van der Waals surface area contributed by atoms with Crippen LogP contribution >= 0.6 is 24.0 Å². The number of aromatic nitrogens is 3. The van der Waals surface area contributed by atoms with Gasteiger partial charge in [-0.2, -0.15) is 0 Å². The molecule has 0 fully saturated rings. The Balaban J connectivity index is 0.00000200. The second-order valence-corrected chi connectivity index (χ2v) is 4.58. The lowest BCUT2D eigenvalue weighted by Crippen LogP contribution is -2.43. The monoisotopic (exact) mass is 390 g/mol. The van der Waals surface area contributed by atoms with Crippen molar-refractivity contribution < 1.29 is 0 Å². The van der Waals surface area contributed by atoms with E-state index in [4.69, 9.17) is 0 Å². The van der Waals surface area contributed by atoms with Gasteiger partial charge in [-0.1, -0.05) is 19.1 Å². The van der Waals surface area contributed by atoms with Crippen molar-refractivity contribution in [2.75, 3.05) is 13.6 Å². The molecule has 112 valence electrons. The maximum atomic E-state index is 4.24. The van der Waals surface area contributed by atoms with Gasteiger partial charge in [-0.05, 0) is 12.8 Å². The molecule has 0 atom stereocenters. The standard InChI is InChI=1S/C13H22N6.HI/c1-3-12-18-16-10-19(12)9-8-15-13(14-2)17-11-6-4-5-7-11;/h4-5,10-11H,3,6-9H2,1-2H3,(H2,14,15,17);1H. The lowest BCUT2D eigenvalue weighted by Gasteiger charge is -2.17. The van der Waals surface area contributed by atoms with E-state index in [-0.39, 0.29) is 24.0 Å². The van der Waals surface area contributed by atoms with Gasteiger partial charge in [0.2, 0.25) is 0 Å². The minimum absolute atomic E-state index is 0. The van der Waals surface area contributed by atoms with E-state index >= 15 is 0 Å². The van der Waals surface area contributed by atoms with E-state index in [2.05, 4.69) is 49.5 Å². The highest BCUT2D eigenvalue weighted by molar-refractivity contribution is 14.0. The third-order valence-electron chi connectivity index (χ3n) is 3.23. The Morgan fingerprint density at radius 1 is 1.45 bits per heavy atom. The molecule has 7 heteroatoms. The van der Waals surface area contributed by atoms with Crippen molar-refractivity contribution in [3.8, 4) is 0 Å². The van der Waals surface area contributed by atoms with Crippen LogP contribution in [0.4, 0.5) is 0 Å². The summed E-state index contributed by atoms with van der Waals surface area (Å²) in [5.41, 5.74) is 0. The van der Waals surface area contributed by atoms with Crippen LogP contribution in [-0.4, -0.2) is 40.4 Å². The highest BCUT2D eigenvalue weighted by atomic mass is 127. The van der Waals surface area contributed by atoms with Gasteiger partial charge in [0.05, 0.1) is 0 Å². The van der Waals surface area contributed by atoms with Crippen molar-refractivity contribution in [3.63, 3.8) is 0 Å². The quantitative estimate of drug-likeness (QED) is 0.345. The molecule has 1 heterocycles. The summed E-state index contributed by atoms with van der Waals surface area (Å²) in [6, 6.07) is 0.479. The number of rotatable bonds is 5. The fourth-order valence-electron chi connectivity index (χ4n) is 2.16. The number of hydrogen-bond acceptors (Lipinski definition) is 3. The molecule has 0 aliphatic heterocycles. The fourth-order valence-corrected chi connectivity index (χ4v) is 2.16. The van der Waals surface area contributed by atoms with E-state index in [1.807, 2.05) is 0 Å².